The van der Waals surface area contributed by atoms with Gasteiger partial charge in [-0.1, -0.05) is 48.5 Å². The zero-order valence-corrected chi connectivity index (χ0v) is 17.9. The highest BCUT2D eigenvalue weighted by molar-refractivity contribution is 5.80. The van der Waals surface area contributed by atoms with Gasteiger partial charge in [0, 0.05) is 23.7 Å². The SMILES string of the molecule is O=[N+]([O-])c1ccccc1C=CC=NNc1nc(Nc2ccccc2)nc(Nc2ccccc2)n1. The highest BCUT2D eigenvalue weighted by atomic mass is 16.6. The number of hydrogen-bond acceptors (Lipinski definition) is 9. The van der Waals surface area contributed by atoms with Gasteiger partial charge in [0.15, 0.2) is 0 Å². The fraction of sp³-hybridized carbons (Fsp3) is 0. The summed E-state index contributed by atoms with van der Waals surface area (Å²) in [7, 11) is 0. The lowest BCUT2D eigenvalue weighted by molar-refractivity contribution is -0.385. The summed E-state index contributed by atoms with van der Waals surface area (Å²) >= 11 is 0. The summed E-state index contributed by atoms with van der Waals surface area (Å²) in [5.41, 5.74) is 4.90. The molecule has 0 unspecified atom stereocenters. The standard InChI is InChI=1S/C24H20N8O2/c33-32(34)21-16-8-7-10-18(21)11-9-17-25-31-24-29-22(26-19-12-3-1-4-13-19)28-23(30-24)27-20-14-5-2-6-15-20/h1-17H,(H3,26,27,28,29,30,31). The Hall–Kier alpha value is -5.12. The molecule has 34 heavy (non-hydrogen) atoms. The van der Waals surface area contributed by atoms with Crippen LogP contribution in [0.3, 0.4) is 0 Å². The molecule has 10 nitrogen and oxygen atoms in total. The molecule has 0 spiro atoms. The maximum absolute atomic E-state index is 11.1. The number of aromatic nitrogens is 3. The molecular formula is C24H20N8O2. The first-order valence-corrected chi connectivity index (χ1v) is 10.3. The zero-order chi connectivity index (χ0) is 23.6. The number of nitrogens with one attached hydrogen (secondary N) is 3. The second-order valence-electron chi connectivity index (χ2n) is 6.85. The van der Waals surface area contributed by atoms with Crippen LogP contribution in [0, 0.1) is 10.1 Å². The summed E-state index contributed by atoms with van der Waals surface area (Å²) in [5.74, 6) is 0.864. The second kappa shape index (κ2) is 11.0. The molecule has 1 aromatic heterocycles. The maximum Gasteiger partial charge on any atom is 0.276 e. The highest BCUT2D eigenvalue weighted by Gasteiger charge is 2.09. The quantitative estimate of drug-likeness (QED) is 0.175. The van der Waals surface area contributed by atoms with Crippen molar-refractivity contribution >= 4 is 47.2 Å². The van der Waals surface area contributed by atoms with E-state index in [1.807, 2.05) is 60.7 Å². The molecule has 0 saturated carbocycles. The monoisotopic (exact) mass is 452 g/mol. The topological polar surface area (TPSA) is 130 Å². The van der Waals surface area contributed by atoms with Crippen LogP contribution < -0.4 is 16.1 Å². The number of allylic oxidation sites excluding steroid dienone is 1. The van der Waals surface area contributed by atoms with E-state index in [0.717, 1.165) is 11.4 Å². The van der Waals surface area contributed by atoms with Crippen LogP contribution in [0.2, 0.25) is 0 Å². The van der Waals surface area contributed by atoms with Crippen LogP contribution in [0.25, 0.3) is 6.08 Å². The molecule has 0 saturated heterocycles. The van der Waals surface area contributed by atoms with E-state index in [2.05, 4.69) is 36.1 Å². The van der Waals surface area contributed by atoms with E-state index in [0.29, 0.717) is 17.5 Å². The highest BCUT2D eigenvalue weighted by Crippen LogP contribution is 2.19. The molecule has 0 bridgehead atoms. The van der Waals surface area contributed by atoms with E-state index in [9.17, 15) is 10.1 Å². The van der Waals surface area contributed by atoms with Crippen molar-refractivity contribution in [2.24, 2.45) is 5.10 Å². The molecule has 4 rings (SSSR count). The summed E-state index contributed by atoms with van der Waals surface area (Å²) in [6.07, 6.45) is 4.64. The Morgan fingerprint density at radius 3 is 1.85 bits per heavy atom. The van der Waals surface area contributed by atoms with Crippen molar-refractivity contribution in [3.63, 3.8) is 0 Å². The Bertz CT molecular complexity index is 1250. The Morgan fingerprint density at radius 2 is 1.26 bits per heavy atom. The summed E-state index contributed by atoms with van der Waals surface area (Å²) in [4.78, 5) is 23.8. The minimum Gasteiger partial charge on any atom is -0.324 e. The molecule has 10 heteroatoms. The van der Waals surface area contributed by atoms with Crippen molar-refractivity contribution in [3.05, 3.63) is 107 Å². The lowest BCUT2D eigenvalue weighted by Gasteiger charge is -2.10. The van der Waals surface area contributed by atoms with Gasteiger partial charge in [0.05, 0.1) is 10.5 Å². The van der Waals surface area contributed by atoms with E-state index in [4.69, 9.17) is 0 Å². The molecule has 3 N–H and O–H groups in total. The number of para-hydroxylation sites is 3. The molecule has 0 radical (unpaired) electrons. The second-order valence-corrected chi connectivity index (χ2v) is 6.85. The fourth-order valence-electron chi connectivity index (χ4n) is 2.92. The molecule has 0 aliphatic heterocycles. The Kier molecular flexibility index (Phi) is 7.12. The Balaban J connectivity index is 1.51. The Labute approximate surface area is 195 Å². The van der Waals surface area contributed by atoms with Crippen LogP contribution in [0.15, 0.2) is 96.1 Å². The van der Waals surface area contributed by atoms with Gasteiger partial charge in [0.1, 0.15) is 0 Å². The first kappa shape index (κ1) is 22.1. The predicted octanol–water partition coefficient (Wildman–Crippen LogP) is 5.38. The summed E-state index contributed by atoms with van der Waals surface area (Å²) in [6, 6.07) is 25.5. The summed E-state index contributed by atoms with van der Waals surface area (Å²) in [5, 5.41) is 21.5. The zero-order valence-electron chi connectivity index (χ0n) is 17.9. The van der Waals surface area contributed by atoms with Gasteiger partial charge in [-0.3, -0.25) is 10.1 Å². The first-order valence-electron chi connectivity index (χ1n) is 10.3. The minimum absolute atomic E-state index is 0.0193. The number of anilines is 5. The van der Waals surface area contributed by atoms with Crippen LogP contribution in [0.5, 0.6) is 0 Å². The average Bonchev–Trinajstić information content (AvgIpc) is 2.85. The lowest BCUT2D eigenvalue weighted by atomic mass is 10.2. The molecule has 0 atom stereocenters. The van der Waals surface area contributed by atoms with E-state index >= 15 is 0 Å². The van der Waals surface area contributed by atoms with Crippen molar-refractivity contribution in [2.75, 3.05) is 16.1 Å². The number of hydrazone groups is 1. The predicted molar refractivity (Wildman–Crippen MR) is 134 cm³/mol. The van der Waals surface area contributed by atoms with Crippen molar-refractivity contribution in [3.8, 4) is 0 Å². The molecule has 0 amide bonds. The number of hydrogen-bond donors (Lipinski definition) is 3. The van der Waals surface area contributed by atoms with E-state index < -0.39 is 4.92 Å². The van der Waals surface area contributed by atoms with Crippen LogP contribution >= 0.6 is 0 Å². The van der Waals surface area contributed by atoms with Crippen molar-refractivity contribution in [1.82, 2.24) is 15.0 Å². The number of nitro groups is 1. The van der Waals surface area contributed by atoms with Gasteiger partial charge in [-0.2, -0.15) is 20.1 Å². The first-order chi connectivity index (χ1) is 16.7. The van der Waals surface area contributed by atoms with Gasteiger partial charge in [-0.25, -0.2) is 5.43 Å². The van der Waals surface area contributed by atoms with Crippen LogP contribution in [0.1, 0.15) is 5.56 Å². The molecule has 3 aromatic carbocycles. The van der Waals surface area contributed by atoms with Gasteiger partial charge in [0.25, 0.3) is 5.69 Å². The molecule has 0 fully saturated rings. The van der Waals surface area contributed by atoms with Crippen molar-refractivity contribution < 1.29 is 4.92 Å². The smallest absolute Gasteiger partial charge is 0.276 e. The number of rotatable bonds is 9. The minimum atomic E-state index is -0.428. The molecule has 0 aliphatic rings. The van der Waals surface area contributed by atoms with E-state index in [1.54, 1.807) is 30.4 Å². The maximum atomic E-state index is 11.1. The summed E-state index contributed by atoms with van der Waals surface area (Å²) < 4.78 is 0. The molecular weight excluding hydrogens is 432 g/mol. The lowest BCUT2D eigenvalue weighted by Crippen LogP contribution is -2.07. The third-order valence-electron chi connectivity index (χ3n) is 4.43. The average molecular weight is 452 g/mol. The van der Waals surface area contributed by atoms with Crippen molar-refractivity contribution in [1.29, 1.82) is 0 Å². The van der Waals surface area contributed by atoms with Crippen LogP contribution in [-0.4, -0.2) is 26.1 Å². The number of benzene rings is 3. The molecule has 0 aliphatic carbocycles. The van der Waals surface area contributed by atoms with E-state index in [1.165, 1.54) is 12.3 Å². The van der Waals surface area contributed by atoms with Gasteiger partial charge < -0.3 is 10.6 Å². The number of nitrogens with zero attached hydrogens (tertiary/aromatic N) is 5. The van der Waals surface area contributed by atoms with Gasteiger partial charge in [0.2, 0.25) is 17.8 Å². The largest absolute Gasteiger partial charge is 0.324 e. The normalized spacial score (nSPS) is 10.9. The number of nitro benzene ring substituents is 1. The van der Waals surface area contributed by atoms with Gasteiger partial charge in [-0.15, -0.1) is 0 Å². The van der Waals surface area contributed by atoms with Gasteiger partial charge >= 0.3 is 0 Å². The molecule has 168 valence electrons. The van der Waals surface area contributed by atoms with Crippen molar-refractivity contribution in [2.45, 2.75) is 0 Å². The van der Waals surface area contributed by atoms with Crippen LogP contribution in [-0.2, 0) is 0 Å². The third-order valence-corrected chi connectivity index (χ3v) is 4.43. The summed E-state index contributed by atoms with van der Waals surface area (Å²) in [6.45, 7) is 0. The Morgan fingerprint density at radius 1 is 0.735 bits per heavy atom. The third kappa shape index (κ3) is 6.20. The van der Waals surface area contributed by atoms with Gasteiger partial charge in [-0.05, 0) is 42.5 Å². The molecule has 4 aromatic rings. The molecule has 1 heterocycles. The fourth-order valence-corrected chi connectivity index (χ4v) is 2.92. The van der Waals surface area contributed by atoms with Crippen LogP contribution in [0.4, 0.5) is 34.9 Å². The van der Waals surface area contributed by atoms with E-state index in [-0.39, 0.29) is 11.6 Å².